The van der Waals surface area contributed by atoms with Crippen LogP contribution in [0.25, 0.3) is 0 Å². The maximum absolute atomic E-state index is 11.3. The molecule has 4 nitrogen and oxygen atoms in total. The number of urea groups is 1. The zero-order valence-corrected chi connectivity index (χ0v) is 9.50. The van der Waals surface area contributed by atoms with Gasteiger partial charge in [-0.15, -0.1) is 0 Å². The summed E-state index contributed by atoms with van der Waals surface area (Å²) < 4.78 is 0. The third-order valence-electron chi connectivity index (χ3n) is 2.59. The summed E-state index contributed by atoms with van der Waals surface area (Å²) in [4.78, 5) is 13.6. The summed E-state index contributed by atoms with van der Waals surface area (Å²) in [6.07, 6.45) is 0.150. The van der Waals surface area contributed by atoms with E-state index in [9.17, 15) is 4.79 Å². The molecule has 1 atom stereocenters. The Hall–Kier alpha value is -0.770. The Morgan fingerprint density at radius 2 is 2.00 bits per heavy atom. The highest BCUT2D eigenvalue weighted by molar-refractivity contribution is 5.74. The van der Waals surface area contributed by atoms with Crippen LogP contribution in [0.1, 0.15) is 27.7 Å². The quantitative estimate of drug-likeness (QED) is 0.696. The van der Waals surface area contributed by atoms with E-state index in [1.807, 2.05) is 0 Å². The second-order valence-corrected chi connectivity index (χ2v) is 4.42. The lowest BCUT2D eigenvalue weighted by Crippen LogP contribution is -2.52. The van der Waals surface area contributed by atoms with Crippen LogP contribution in [0.5, 0.6) is 0 Å². The van der Waals surface area contributed by atoms with Gasteiger partial charge in [-0.05, 0) is 19.8 Å². The van der Waals surface area contributed by atoms with Gasteiger partial charge in [0, 0.05) is 19.1 Å². The van der Waals surface area contributed by atoms with Gasteiger partial charge in [0.25, 0.3) is 0 Å². The summed E-state index contributed by atoms with van der Waals surface area (Å²) in [5, 5.41) is 5.81. The fraction of sp³-hybridized carbons (Fsp3) is 0.900. The number of carbonyl (C=O) groups is 1. The van der Waals surface area contributed by atoms with Crippen LogP contribution in [0.4, 0.5) is 4.79 Å². The average Bonchev–Trinajstić information content (AvgIpc) is 2.26. The average molecular weight is 199 g/mol. The molecule has 14 heavy (non-hydrogen) atoms. The van der Waals surface area contributed by atoms with Crippen molar-refractivity contribution in [1.82, 2.24) is 15.5 Å². The van der Waals surface area contributed by atoms with E-state index < -0.39 is 0 Å². The molecule has 1 heterocycles. The zero-order chi connectivity index (χ0) is 10.7. The predicted molar refractivity (Wildman–Crippen MR) is 57.0 cm³/mol. The monoisotopic (exact) mass is 199 g/mol. The number of amides is 2. The summed E-state index contributed by atoms with van der Waals surface area (Å²) >= 11 is 0. The van der Waals surface area contributed by atoms with Gasteiger partial charge >= 0.3 is 6.03 Å². The summed E-state index contributed by atoms with van der Waals surface area (Å²) in [7, 11) is 0. The zero-order valence-electron chi connectivity index (χ0n) is 9.50. The predicted octanol–water partition coefficient (Wildman–Crippen LogP) is 0.992. The first-order chi connectivity index (χ1) is 6.52. The van der Waals surface area contributed by atoms with Crippen LogP contribution in [0.3, 0.4) is 0 Å². The molecule has 0 spiro atoms. The van der Waals surface area contributed by atoms with E-state index in [-0.39, 0.29) is 12.2 Å². The molecule has 2 amide bonds. The lowest BCUT2D eigenvalue weighted by Gasteiger charge is -2.35. The van der Waals surface area contributed by atoms with Crippen molar-refractivity contribution in [3.8, 4) is 0 Å². The summed E-state index contributed by atoms with van der Waals surface area (Å²) in [6.45, 7) is 10.2. The topological polar surface area (TPSA) is 44.4 Å². The minimum atomic E-state index is -0.0492. The fourth-order valence-corrected chi connectivity index (χ4v) is 1.83. The van der Waals surface area contributed by atoms with Crippen molar-refractivity contribution in [1.29, 1.82) is 0 Å². The largest absolute Gasteiger partial charge is 0.337 e. The molecule has 0 radical (unpaired) electrons. The first-order valence-corrected chi connectivity index (χ1v) is 5.32. The Morgan fingerprint density at radius 1 is 1.36 bits per heavy atom. The van der Waals surface area contributed by atoms with Gasteiger partial charge in [-0.3, -0.25) is 4.90 Å². The van der Waals surface area contributed by atoms with Gasteiger partial charge in [0.1, 0.15) is 0 Å². The van der Waals surface area contributed by atoms with Crippen molar-refractivity contribution in [2.24, 2.45) is 5.92 Å². The van der Waals surface area contributed by atoms with Crippen molar-refractivity contribution in [2.75, 3.05) is 13.1 Å². The van der Waals surface area contributed by atoms with Gasteiger partial charge in [0.15, 0.2) is 0 Å². The van der Waals surface area contributed by atoms with Crippen LogP contribution >= 0.6 is 0 Å². The second kappa shape index (κ2) is 4.64. The fourth-order valence-electron chi connectivity index (χ4n) is 1.83. The number of hydrogen-bond donors (Lipinski definition) is 2. The molecule has 0 aromatic rings. The van der Waals surface area contributed by atoms with Crippen LogP contribution in [-0.4, -0.2) is 36.2 Å². The van der Waals surface area contributed by atoms with Gasteiger partial charge in [-0.1, -0.05) is 13.8 Å². The van der Waals surface area contributed by atoms with E-state index in [0.29, 0.717) is 12.0 Å². The first-order valence-electron chi connectivity index (χ1n) is 5.32. The highest BCUT2D eigenvalue weighted by Gasteiger charge is 2.27. The Labute approximate surface area is 86.0 Å². The molecule has 2 N–H and O–H groups in total. The molecule has 0 aromatic heterocycles. The van der Waals surface area contributed by atoms with Gasteiger partial charge in [0.05, 0.1) is 6.17 Å². The molecule has 82 valence electrons. The van der Waals surface area contributed by atoms with Gasteiger partial charge in [-0.2, -0.15) is 0 Å². The van der Waals surface area contributed by atoms with Crippen LogP contribution in [0.15, 0.2) is 0 Å². The number of hydrogen-bond acceptors (Lipinski definition) is 2. The second-order valence-electron chi connectivity index (χ2n) is 4.42. The molecule has 0 aliphatic carbocycles. The first kappa shape index (κ1) is 11.3. The van der Waals surface area contributed by atoms with Crippen molar-refractivity contribution >= 4 is 6.03 Å². The number of nitrogens with one attached hydrogen (secondary N) is 2. The van der Waals surface area contributed by atoms with Crippen molar-refractivity contribution in [3.63, 3.8) is 0 Å². The van der Waals surface area contributed by atoms with Gasteiger partial charge < -0.3 is 10.6 Å². The summed E-state index contributed by atoms with van der Waals surface area (Å²) in [5.74, 6) is 0.432. The molecule has 0 aromatic carbocycles. The smallest absolute Gasteiger partial charge is 0.316 e. The third-order valence-corrected chi connectivity index (χ3v) is 2.59. The Bertz CT molecular complexity index is 204. The molecular weight excluding hydrogens is 178 g/mol. The van der Waals surface area contributed by atoms with Gasteiger partial charge in [-0.25, -0.2) is 4.79 Å². The van der Waals surface area contributed by atoms with Crippen molar-refractivity contribution < 1.29 is 4.79 Å². The maximum atomic E-state index is 11.3. The molecular formula is C10H21N3O. The summed E-state index contributed by atoms with van der Waals surface area (Å²) in [5.41, 5.74) is 0. The van der Waals surface area contributed by atoms with Crippen LogP contribution in [0.2, 0.25) is 0 Å². The molecule has 1 rings (SSSR count). The number of rotatable bonds is 2. The van der Waals surface area contributed by atoms with E-state index >= 15 is 0 Å². The third kappa shape index (κ3) is 2.61. The molecule has 1 aliphatic rings. The van der Waals surface area contributed by atoms with Crippen molar-refractivity contribution in [2.45, 2.75) is 39.9 Å². The highest BCUT2D eigenvalue weighted by Crippen LogP contribution is 2.12. The standard InChI is InChI=1S/C10H21N3O/c1-7(2)9-12-10(14)11-5-6-13(9)8(3)4/h7-9H,5-6H2,1-4H3,(H2,11,12,14). The van der Waals surface area contributed by atoms with Crippen LogP contribution in [-0.2, 0) is 0 Å². The minimum Gasteiger partial charge on any atom is -0.337 e. The van der Waals surface area contributed by atoms with E-state index in [1.54, 1.807) is 0 Å². The molecule has 4 heteroatoms. The summed E-state index contributed by atoms with van der Waals surface area (Å²) in [6, 6.07) is 0.412. The normalized spacial score (nSPS) is 24.7. The minimum absolute atomic E-state index is 0.0492. The molecule has 1 fully saturated rings. The lowest BCUT2D eigenvalue weighted by atomic mass is 10.1. The molecule has 1 aliphatic heterocycles. The van der Waals surface area contributed by atoms with E-state index in [1.165, 1.54) is 0 Å². The van der Waals surface area contributed by atoms with Gasteiger partial charge in [0.2, 0.25) is 0 Å². The SMILES string of the molecule is CC(C)C1NC(=O)NCCN1C(C)C. The Kier molecular flexibility index (Phi) is 3.75. The Morgan fingerprint density at radius 3 is 2.50 bits per heavy atom. The van der Waals surface area contributed by atoms with E-state index in [0.717, 1.165) is 13.1 Å². The maximum Gasteiger partial charge on any atom is 0.316 e. The van der Waals surface area contributed by atoms with Crippen LogP contribution in [0, 0.1) is 5.92 Å². The Balaban J connectivity index is 2.74. The van der Waals surface area contributed by atoms with Crippen LogP contribution < -0.4 is 10.6 Å². The number of carbonyl (C=O) groups excluding carboxylic acids is 1. The lowest BCUT2D eigenvalue weighted by molar-refractivity contribution is 0.111. The van der Waals surface area contributed by atoms with E-state index in [2.05, 4.69) is 43.2 Å². The highest BCUT2D eigenvalue weighted by atomic mass is 16.2. The van der Waals surface area contributed by atoms with Crippen molar-refractivity contribution in [3.05, 3.63) is 0 Å². The molecule has 0 bridgehead atoms. The molecule has 1 saturated heterocycles. The number of nitrogens with zero attached hydrogens (tertiary/aromatic N) is 1. The molecule has 0 saturated carbocycles. The molecule has 1 unspecified atom stereocenters. The van der Waals surface area contributed by atoms with E-state index in [4.69, 9.17) is 0 Å².